The molecule has 0 radical (unpaired) electrons. The highest BCUT2D eigenvalue weighted by molar-refractivity contribution is 6.09. The van der Waals surface area contributed by atoms with Crippen molar-refractivity contribution < 1.29 is 14.3 Å². The van der Waals surface area contributed by atoms with Crippen molar-refractivity contribution in [3.63, 3.8) is 0 Å². The Morgan fingerprint density at radius 2 is 2.07 bits per heavy atom. The van der Waals surface area contributed by atoms with Crippen LogP contribution in [0.3, 0.4) is 0 Å². The van der Waals surface area contributed by atoms with Crippen molar-refractivity contribution in [3.8, 4) is 6.07 Å². The SMILES string of the molecule is CC.CC/C=C1/C=C(N2C(c3ccc(C#N)c(F)c3)=CC(C(=O)O)N2C)C=CC1=N. The first-order chi connectivity index (χ1) is 14.4. The number of hydrogen-bond donors (Lipinski definition) is 2. The van der Waals surface area contributed by atoms with Crippen LogP contribution in [0, 0.1) is 22.6 Å². The number of carbonyl (C=O) groups is 1. The Bertz CT molecular complexity index is 1010. The van der Waals surface area contributed by atoms with Gasteiger partial charge in [-0.3, -0.25) is 9.80 Å². The summed E-state index contributed by atoms with van der Waals surface area (Å²) in [5.74, 6) is -1.70. The number of rotatable bonds is 4. The third-order valence-corrected chi connectivity index (χ3v) is 4.60. The number of benzene rings is 1. The molecule has 156 valence electrons. The largest absolute Gasteiger partial charge is 0.480 e. The highest BCUT2D eigenvalue weighted by Gasteiger charge is 2.36. The zero-order valence-corrected chi connectivity index (χ0v) is 17.5. The lowest BCUT2D eigenvalue weighted by molar-refractivity contribution is -0.143. The van der Waals surface area contributed by atoms with Crippen molar-refractivity contribution in [1.29, 1.82) is 10.7 Å². The minimum atomic E-state index is -1.03. The van der Waals surface area contributed by atoms with E-state index < -0.39 is 17.8 Å². The third-order valence-electron chi connectivity index (χ3n) is 4.60. The van der Waals surface area contributed by atoms with Gasteiger partial charge in [0.2, 0.25) is 0 Å². The summed E-state index contributed by atoms with van der Waals surface area (Å²) < 4.78 is 14.2. The predicted octanol–water partition coefficient (Wildman–Crippen LogP) is 4.49. The second kappa shape index (κ2) is 9.81. The molecule has 0 aromatic heterocycles. The number of hydrogen-bond acceptors (Lipinski definition) is 5. The number of likely N-dealkylation sites (N-methyl/N-ethyl adjacent to an activating group) is 1. The van der Waals surface area contributed by atoms with Gasteiger partial charge in [-0.1, -0.05) is 32.9 Å². The zero-order chi connectivity index (χ0) is 22.4. The van der Waals surface area contributed by atoms with Crippen LogP contribution in [0.2, 0.25) is 0 Å². The van der Waals surface area contributed by atoms with Crippen LogP contribution in [0.1, 0.15) is 38.3 Å². The number of nitriles is 1. The first-order valence-corrected chi connectivity index (χ1v) is 9.73. The van der Waals surface area contributed by atoms with Gasteiger partial charge in [0.1, 0.15) is 17.9 Å². The Hall–Kier alpha value is -3.50. The summed E-state index contributed by atoms with van der Waals surface area (Å²) in [7, 11) is 1.64. The fraction of sp³-hybridized carbons (Fsp3) is 0.261. The van der Waals surface area contributed by atoms with Gasteiger partial charge in [0.15, 0.2) is 0 Å². The lowest BCUT2D eigenvalue weighted by Crippen LogP contribution is -2.42. The molecule has 6 nitrogen and oxygen atoms in total. The van der Waals surface area contributed by atoms with Crippen LogP contribution in [-0.2, 0) is 4.79 Å². The van der Waals surface area contributed by atoms with Crippen LogP contribution in [0.5, 0.6) is 0 Å². The molecule has 2 N–H and O–H groups in total. The first-order valence-electron chi connectivity index (χ1n) is 9.73. The van der Waals surface area contributed by atoms with Crippen molar-refractivity contribution in [2.75, 3.05) is 7.05 Å². The standard InChI is InChI=1S/C21H19FN4O2.C2H6/c1-3-4-13-9-16(7-8-18(13)24)26-19(11-20(21(27)28)25(26)2)14-5-6-15(12-23)17(22)10-14;1-2/h4-11,20,24H,3H2,1-2H3,(H,27,28);1-2H3/b13-4-,24-18?;. The molecule has 1 aromatic rings. The van der Waals surface area contributed by atoms with Gasteiger partial charge in [-0.2, -0.15) is 5.26 Å². The van der Waals surface area contributed by atoms with E-state index in [1.807, 2.05) is 26.8 Å². The smallest absolute Gasteiger partial charge is 0.326 e. The summed E-state index contributed by atoms with van der Waals surface area (Å²) in [5, 5.41) is 29.8. The molecule has 0 fully saturated rings. The monoisotopic (exact) mass is 408 g/mol. The second-order valence-corrected chi connectivity index (χ2v) is 6.41. The summed E-state index contributed by atoms with van der Waals surface area (Å²) in [6.07, 6.45) is 9.40. The summed E-state index contributed by atoms with van der Waals surface area (Å²) in [5.41, 5.74) is 2.66. The number of allylic oxidation sites excluding steroid dienone is 5. The Balaban J connectivity index is 0.00000155. The maximum absolute atomic E-state index is 14.2. The molecule has 0 saturated carbocycles. The molecular formula is C23H25FN4O2. The van der Waals surface area contributed by atoms with Gasteiger partial charge in [-0.25, -0.2) is 9.40 Å². The first kappa shape index (κ1) is 22.8. The predicted molar refractivity (Wildman–Crippen MR) is 115 cm³/mol. The van der Waals surface area contributed by atoms with E-state index in [1.54, 1.807) is 53.5 Å². The molecule has 2 aliphatic rings. The number of nitrogens with one attached hydrogen (secondary N) is 1. The van der Waals surface area contributed by atoms with E-state index in [9.17, 15) is 14.3 Å². The fourth-order valence-electron chi connectivity index (χ4n) is 3.23. The molecule has 7 heteroatoms. The highest BCUT2D eigenvalue weighted by Crippen LogP contribution is 2.35. The maximum Gasteiger partial charge on any atom is 0.326 e. The van der Waals surface area contributed by atoms with E-state index >= 15 is 0 Å². The quantitative estimate of drug-likeness (QED) is 0.766. The Morgan fingerprint density at radius 1 is 1.37 bits per heavy atom. The van der Waals surface area contributed by atoms with Gasteiger partial charge in [0.05, 0.1) is 22.7 Å². The van der Waals surface area contributed by atoms with Gasteiger partial charge in [-0.05, 0) is 48.4 Å². The van der Waals surface area contributed by atoms with E-state index in [2.05, 4.69) is 0 Å². The van der Waals surface area contributed by atoms with Crippen molar-refractivity contribution in [2.24, 2.45) is 0 Å². The zero-order valence-electron chi connectivity index (χ0n) is 17.5. The summed E-state index contributed by atoms with van der Waals surface area (Å²) in [6.45, 7) is 5.97. The lowest BCUT2D eigenvalue weighted by Gasteiger charge is -2.33. The van der Waals surface area contributed by atoms with Gasteiger partial charge < -0.3 is 10.5 Å². The minimum Gasteiger partial charge on any atom is -0.480 e. The number of nitrogens with zero attached hydrogens (tertiary/aromatic N) is 3. The lowest BCUT2D eigenvalue weighted by atomic mass is 10.0. The summed E-state index contributed by atoms with van der Waals surface area (Å²) >= 11 is 0. The third kappa shape index (κ3) is 4.39. The van der Waals surface area contributed by atoms with Crippen LogP contribution >= 0.6 is 0 Å². The van der Waals surface area contributed by atoms with Crippen LogP contribution < -0.4 is 0 Å². The van der Waals surface area contributed by atoms with Crippen LogP contribution in [0.25, 0.3) is 5.70 Å². The molecule has 1 aliphatic carbocycles. The van der Waals surface area contributed by atoms with E-state index in [4.69, 9.17) is 10.7 Å². The van der Waals surface area contributed by atoms with Crippen molar-refractivity contribution >= 4 is 17.4 Å². The Labute approximate surface area is 176 Å². The Kier molecular flexibility index (Phi) is 7.45. The second-order valence-electron chi connectivity index (χ2n) is 6.41. The molecule has 1 unspecified atom stereocenters. The van der Waals surface area contributed by atoms with Crippen LogP contribution in [-0.4, -0.2) is 39.9 Å². The minimum absolute atomic E-state index is 0.0737. The molecule has 1 atom stereocenters. The maximum atomic E-state index is 14.2. The average molecular weight is 408 g/mol. The summed E-state index contributed by atoms with van der Waals surface area (Å²) in [4.78, 5) is 11.7. The Morgan fingerprint density at radius 3 is 2.63 bits per heavy atom. The highest BCUT2D eigenvalue weighted by atomic mass is 19.1. The molecule has 0 bridgehead atoms. The van der Waals surface area contributed by atoms with Crippen molar-refractivity contribution in [2.45, 2.75) is 33.2 Å². The fourth-order valence-corrected chi connectivity index (χ4v) is 3.23. The van der Waals surface area contributed by atoms with Crippen LogP contribution in [0.4, 0.5) is 4.39 Å². The summed E-state index contributed by atoms with van der Waals surface area (Å²) in [6, 6.07) is 5.05. The van der Waals surface area contributed by atoms with E-state index in [1.165, 1.54) is 12.1 Å². The van der Waals surface area contributed by atoms with Gasteiger partial charge in [0.25, 0.3) is 0 Å². The number of halogens is 1. The molecular weight excluding hydrogens is 383 g/mol. The molecule has 0 amide bonds. The topological polar surface area (TPSA) is 91.4 Å². The van der Waals surface area contributed by atoms with E-state index in [-0.39, 0.29) is 5.56 Å². The van der Waals surface area contributed by atoms with Crippen LogP contribution in [0.15, 0.2) is 59.8 Å². The molecule has 1 aromatic carbocycles. The molecule has 0 spiro atoms. The van der Waals surface area contributed by atoms with Gasteiger partial charge >= 0.3 is 5.97 Å². The number of aliphatic carboxylic acids is 1. The molecule has 1 aliphatic heterocycles. The molecule has 30 heavy (non-hydrogen) atoms. The number of carboxylic acids is 1. The van der Waals surface area contributed by atoms with Crippen molar-refractivity contribution in [1.82, 2.24) is 10.0 Å². The van der Waals surface area contributed by atoms with E-state index in [0.29, 0.717) is 22.7 Å². The molecule has 1 heterocycles. The number of carboxylic acid groups (broad SMARTS) is 1. The van der Waals surface area contributed by atoms with Gasteiger partial charge in [0, 0.05) is 12.6 Å². The average Bonchev–Trinajstić information content (AvgIpc) is 3.08. The normalized spacial score (nSPS) is 19.7. The van der Waals surface area contributed by atoms with Crippen molar-refractivity contribution in [3.05, 3.63) is 76.8 Å². The molecule has 3 rings (SSSR count). The number of hydrazine groups is 1. The molecule has 0 saturated heterocycles. The van der Waals surface area contributed by atoms with E-state index in [0.717, 1.165) is 12.0 Å². The van der Waals surface area contributed by atoms with Gasteiger partial charge in [-0.15, -0.1) is 0 Å².